The number of nitrogens with two attached hydrogens (primary N) is 1. The van der Waals surface area contributed by atoms with Crippen molar-refractivity contribution in [1.29, 1.82) is 0 Å². The molecule has 1 heterocycles. The molecule has 6 heteroatoms. The Morgan fingerprint density at radius 1 is 1.62 bits per heavy atom. The van der Waals surface area contributed by atoms with E-state index >= 15 is 0 Å². The number of furan rings is 1. The molecule has 0 amide bonds. The standard InChI is InChI=1S/C5H6N2O4.C2H6/c6-10-3-4-1-2-5(11-4)7(8)9;1-2/h1-2H,3,6H2;1-2H3. The third-order valence-corrected chi connectivity index (χ3v) is 1.05. The Hall–Kier alpha value is -1.40. The number of nitrogens with zero attached hydrogens (tertiary/aromatic N) is 1. The fraction of sp³-hybridized carbons (Fsp3) is 0.429. The molecule has 0 aliphatic carbocycles. The highest BCUT2D eigenvalue weighted by atomic mass is 16.7. The smallest absolute Gasteiger partial charge is 0.403 e. The first-order valence-electron chi connectivity index (χ1n) is 3.79. The lowest BCUT2D eigenvalue weighted by Gasteiger charge is -1.88. The van der Waals surface area contributed by atoms with Gasteiger partial charge in [-0.25, -0.2) is 5.90 Å². The van der Waals surface area contributed by atoms with Gasteiger partial charge in [0.2, 0.25) is 0 Å². The summed E-state index contributed by atoms with van der Waals surface area (Å²) in [6.07, 6.45) is 0. The van der Waals surface area contributed by atoms with Gasteiger partial charge in [-0.1, -0.05) is 13.8 Å². The SMILES string of the molecule is CC.NOCc1ccc([N+](=O)[O-])o1. The second-order valence-corrected chi connectivity index (χ2v) is 1.81. The van der Waals surface area contributed by atoms with Crippen molar-refractivity contribution in [2.45, 2.75) is 20.5 Å². The summed E-state index contributed by atoms with van der Waals surface area (Å²) in [6, 6.07) is 2.68. The van der Waals surface area contributed by atoms with E-state index in [1.165, 1.54) is 12.1 Å². The van der Waals surface area contributed by atoms with Gasteiger partial charge >= 0.3 is 5.88 Å². The van der Waals surface area contributed by atoms with Crippen molar-refractivity contribution >= 4 is 5.88 Å². The van der Waals surface area contributed by atoms with Crippen LogP contribution in [0.4, 0.5) is 5.88 Å². The second-order valence-electron chi connectivity index (χ2n) is 1.81. The van der Waals surface area contributed by atoms with Crippen LogP contribution in [-0.4, -0.2) is 4.92 Å². The van der Waals surface area contributed by atoms with E-state index in [0.29, 0.717) is 5.76 Å². The largest absolute Gasteiger partial charge is 0.433 e. The fourth-order valence-corrected chi connectivity index (χ4v) is 0.624. The lowest BCUT2D eigenvalue weighted by molar-refractivity contribution is -0.402. The van der Waals surface area contributed by atoms with E-state index in [-0.39, 0.29) is 12.5 Å². The molecule has 6 nitrogen and oxygen atoms in total. The summed E-state index contributed by atoms with van der Waals surface area (Å²) in [5, 5.41) is 10.1. The topological polar surface area (TPSA) is 91.5 Å². The van der Waals surface area contributed by atoms with E-state index in [0.717, 1.165) is 0 Å². The van der Waals surface area contributed by atoms with Crippen LogP contribution in [0.2, 0.25) is 0 Å². The zero-order chi connectivity index (χ0) is 10.3. The second kappa shape index (κ2) is 6.15. The van der Waals surface area contributed by atoms with Gasteiger partial charge in [0.15, 0.2) is 0 Å². The van der Waals surface area contributed by atoms with Crippen LogP contribution in [0.5, 0.6) is 0 Å². The minimum Gasteiger partial charge on any atom is -0.403 e. The molecule has 0 bridgehead atoms. The maximum Gasteiger partial charge on any atom is 0.433 e. The molecule has 1 aromatic rings. The van der Waals surface area contributed by atoms with E-state index in [1.54, 1.807) is 0 Å². The predicted molar refractivity (Wildman–Crippen MR) is 45.7 cm³/mol. The number of hydrogen-bond acceptors (Lipinski definition) is 5. The van der Waals surface area contributed by atoms with Crippen molar-refractivity contribution in [3.8, 4) is 0 Å². The van der Waals surface area contributed by atoms with E-state index < -0.39 is 4.92 Å². The first-order chi connectivity index (χ1) is 6.24. The first kappa shape index (κ1) is 11.6. The van der Waals surface area contributed by atoms with Crippen LogP contribution in [0.25, 0.3) is 0 Å². The van der Waals surface area contributed by atoms with Crippen LogP contribution in [-0.2, 0) is 11.4 Å². The van der Waals surface area contributed by atoms with E-state index in [1.807, 2.05) is 13.8 Å². The molecule has 0 spiro atoms. The zero-order valence-electron chi connectivity index (χ0n) is 7.52. The predicted octanol–water partition coefficient (Wildman–Crippen LogP) is 1.60. The van der Waals surface area contributed by atoms with Gasteiger partial charge in [-0.2, -0.15) is 0 Å². The summed E-state index contributed by atoms with van der Waals surface area (Å²) < 4.78 is 4.68. The lowest BCUT2D eigenvalue weighted by atomic mass is 10.5. The van der Waals surface area contributed by atoms with Crippen LogP contribution in [0.3, 0.4) is 0 Å². The third-order valence-electron chi connectivity index (χ3n) is 1.05. The van der Waals surface area contributed by atoms with Gasteiger partial charge in [-0.05, 0) is 6.07 Å². The molecule has 0 saturated heterocycles. The minimum atomic E-state index is -0.625. The van der Waals surface area contributed by atoms with Crippen molar-refractivity contribution in [2.75, 3.05) is 0 Å². The van der Waals surface area contributed by atoms with Gasteiger partial charge in [0.05, 0.1) is 6.07 Å². The Morgan fingerprint density at radius 3 is 2.62 bits per heavy atom. The third kappa shape index (κ3) is 3.68. The molecule has 0 atom stereocenters. The molecule has 0 saturated carbocycles. The molecule has 1 aromatic heterocycles. The van der Waals surface area contributed by atoms with Crippen LogP contribution < -0.4 is 5.90 Å². The quantitative estimate of drug-likeness (QED) is 0.574. The Bertz CT molecular complexity index is 259. The Morgan fingerprint density at radius 2 is 2.23 bits per heavy atom. The summed E-state index contributed by atoms with van der Waals surface area (Å²) in [7, 11) is 0. The average molecular weight is 188 g/mol. The van der Waals surface area contributed by atoms with Gasteiger partial charge < -0.3 is 4.42 Å². The first-order valence-corrected chi connectivity index (χ1v) is 3.79. The van der Waals surface area contributed by atoms with Gasteiger partial charge in [-0.15, -0.1) is 0 Å². The van der Waals surface area contributed by atoms with Crippen molar-refractivity contribution in [2.24, 2.45) is 5.90 Å². The molecule has 0 aliphatic heterocycles. The van der Waals surface area contributed by atoms with Gasteiger partial charge in [0, 0.05) is 0 Å². The summed E-state index contributed by atoms with van der Waals surface area (Å²) >= 11 is 0. The summed E-state index contributed by atoms with van der Waals surface area (Å²) in [5.74, 6) is 4.74. The molecule has 0 unspecified atom stereocenters. The molecule has 2 N–H and O–H groups in total. The summed E-state index contributed by atoms with van der Waals surface area (Å²) in [6.45, 7) is 4.04. The molecule has 0 aromatic carbocycles. The highest BCUT2D eigenvalue weighted by molar-refractivity contribution is 5.17. The van der Waals surface area contributed by atoms with E-state index in [4.69, 9.17) is 5.90 Å². The number of hydrogen-bond donors (Lipinski definition) is 1. The lowest BCUT2D eigenvalue weighted by Crippen LogP contribution is -1.97. The monoisotopic (exact) mass is 188 g/mol. The van der Waals surface area contributed by atoms with Crippen molar-refractivity contribution in [3.05, 3.63) is 28.0 Å². The van der Waals surface area contributed by atoms with Gasteiger partial charge in [0.25, 0.3) is 0 Å². The van der Waals surface area contributed by atoms with Crippen molar-refractivity contribution in [1.82, 2.24) is 0 Å². The Labute approximate surface area is 75.4 Å². The van der Waals surface area contributed by atoms with E-state index in [9.17, 15) is 10.1 Å². The normalized spacial score (nSPS) is 8.85. The average Bonchev–Trinajstić information content (AvgIpc) is 2.57. The molecule has 0 aliphatic rings. The van der Waals surface area contributed by atoms with Crippen LogP contribution in [0.15, 0.2) is 16.5 Å². The molecule has 13 heavy (non-hydrogen) atoms. The number of nitro groups is 1. The highest BCUT2D eigenvalue weighted by Gasteiger charge is 2.10. The minimum absolute atomic E-state index is 0.0356. The summed E-state index contributed by atoms with van der Waals surface area (Å²) in [5.41, 5.74) is 0. The number of rotatable bonds is 3. The molecule has 74 valence electrons. The highest BCUT2D eigenvalue weighted by Crippen LogP contribution is 2.15. The molecule has 1 rings (SSSR count). The van der Waals surface area contributed by atoms with Gasteiger partial charge in [0.1, 0.15) is 17.3 Å². The van der Waals surface area contributed by atoms with Crippen LogP contribution in [0, 0.1) is 10.1 Å². The molecule has 0 radical (unpaired) electrons. The van der Waals surface area contributed by atoms with Crippen molar-refractivity contribution in [3.63, 3.8) is 0 Å². The molecular weight excluding hydrogens is 176 g/mol. The van der Waals surface area contributed by atoms with Crippen molar-refractivity contribution < 1.29 is 14.2 Å². The maximum atomic E-state index is 10.1. The van der Waals surface area contributed by atoms with Crippen LogP contribution >= 0.6 is 0 Å². The molecule has 0 fully saturated rings. The maximum absolute atomic E-state index is 10.1. The molecular formula is C7H12N2O4. The van der Waals surface area contributed by atoms with Gasteiger partial charge in [-0.3, -0.25) is 15.0 Å². The Kier molecular flexibility index (Phi) is 5.49. The van der Waals surface area contributed by atoms with Crippen LogP contribution in [0.1, 0.15) is 19.6 Å². The zero-order valence-corrected chi connectivity index (χ0v) is 7.52. The Balaban J connectivity index is 0.000000671. The van der Waals surface area contributed by atoms with E-state index in [2.05, 4.69) is 9.25 Å². The fourth-order valence-electron chi connectivity index (χ4n) is 0.624. The summed E-state index contributed by atoms with van der Waals surface area (Å²) in [4.78, 5) is 13.6.